The number of nitriles is 1. The molecule has 0 aliphatic heterocycles. The lowest BCUT2D eigenvalue weighted by Crippen LogP contribution is -2.10. The standard InChI is InChI=1S/C17H17NO3S/c1-3-13(2)15-7-9-17(10-8-15)22(19,20)21-16-6-4-5-14(11-16)12-18/h4-11,13H,3H2,1-2H3. The van der Waals surface area contributed by atoms with Gasteiger partial charge in [0.05, 0.1) is 11.6 Å². The van der Waals surface area contributed by atoms with Gasteiger partial charge in [-0.25, -0.2) is 0 Å². The van der Waals surface area contributed by atoms with Gasteiger partial charge in [-0.3, -0.25) is 0 Å². The van der Waals surface area contributed by atoms with Crippen molar-refractivity contribution in [1.29, 1.82) is 5.26 Å². The van der Waals surface area contributed by atoms with Crippen LogP contribution in [-0.2, 0) is 10.1 Å². The molecule has 0 aliphatic carbocycles. The molecule has 2 aromatic carbocycles. The Kier molecular flexibility index (Phi) is 4.84. The molecule has 4 nitrogen and oxygen atoms in total. The molecule has 0 fully saturated rings. The lowest BCUT2D eigenvalue weighted by atomic mass is 9.99. The van der Waals surface area contributed by atoms with E-state index in [1.807, 2.05) is 6.07 Å². The zero-order valence-corrected chi connectivity index (χ0v) is 13.3. The van der Waals surface area contributed by atoms with Crippen LogP contribution in [0.15, 0.2) is 53.4 Å². The minimum Gasteiger partial charge on any atom is -0.379 e. The highest BCUT2D eigenvalue weighted by molar-refractivity contribution is 7.87. The number of hydrogen-bond donors (Lipinski definition) is 0. The largest absolute Gasteiger partial charge is 0.379 e. The van der Waals surface area contributed by atoms with Gasteiger partial charge in [-0.1, -0.05) is 32.0 Å². The van der Waals surface area contributed by atoms with Gasteiger partial charge in [0.2, 0.25) is 0 Å². The lowest BCUT2D eigenvalue weighted by Gasteiger charge is -2.11. The maximum absolute atomic E-state index is 12.2. The highest BCUT2D eigenvalue weighted by Crippen LogP contribution is 2.23. The van der Waals surface area contributed by atoms with E-state index in [1.54, 1.807) is 36.4 Å². The second-order valence-corrected chi connectivity index (χ2v) is 6.60. The second kappa shape index (κ2) is 6.63. The summed E-state index contributed by atoms with van der Waals surface area (Å²) in [6.07, 6.45) is 0.990. The van der Waals surface area contributed by atoms with Crippen molar-refractivity contribution in [3.63, 3.8) is 0 Å². The highest BCUT2D eigenvalue weighted by Gasteiger charge is 2.17. The number of benzene rings is 2. The van der Waals surface area contributed by atoms with Crippen molar-refractivity contribution in [2.75, 3.05) is 0 Å². The quantitative estimate of drug-likeness (QED) is 0.786. The second-order valence-electron chi connectivity index (χ2n) is 5.06. The molecule has 1 unspecified atom stereocenters. The number of rotatable bonds is 5. The summed E-state index contributed by atoms with van der Waals surface area (Å²) >= 11 is 0. The Hall–Kier alpha value is -2.32. The molecule has 0 bridgehead atoms. The van der Waals surface area contributed by atoms with Crippen molar-refractivity contribution < 1.29 is 12.6 Å². The van der Waals surface area contributed by atoms with Crippen molar-refractivity contribution in [2.45, 2.75) is 31.1 Å². The normalized spacial score (nSPS) is 12.4. The smallest absolute Gasteiger partial charge is 0.339 e. The predicted octanol–water partition coefficient (Wildman–Crippen LogP) is 3.84. The van der Waals surface area contributed by atoms with Gasteiger partial charge in [-0.15, -0.1) is 0 Å². The molecule has 0 spiro atoms. The Bertz CT molecular complexity index is 789. The van der Waals surface area contributed by atoms with Crippen LogP contribution in [0.1, 0.15) is 37.3 Å². The summed E-state index contributed by atoms with van der Waals surface area (Å²) in [6.45, 7) is 4.17. The number of nitrogens with zero attached hydrogens (tertiary/aromatic N) is 1. The van der Waals surface area contributed by atoms with Crippen molar-refractivity contribution in [3.8, 4) is 11.8 Å². The first-order valence-electron chi connectivity index (χ1n) is 7.01. The minimum absolute atomic E-state index is 0.0990. The third-order valence-electron chi connectivity index (χ3n) is 3.52. The van der Waals surface area contributed by atoms with E-state index in [9.17, 15) is 8.42 Å². The summed E-state index contributed by atoms with van der Waals surface area (Å²) in [7, 11) is -3.90. The van der Waals surface area contributed by atoms with Crippen LogP contribution in [0.25, 0.3) is 0 Å². The molecular formula is C17H17NO3S. The van der Waals surface area contributed by atoms with Crippen LogP contribution in [0.4, 0.5) is 0 Å². The SMILES string of the molecule is CCC(C)c1ccc(S(=O)(=O)Oc2cccc(C#N)c2)cc1. The molecule has 5 heteroatoms. The first-order chi connectivity index (χ1) is 10.5. The van der Waals surface area contributed by atoms with E-state index in [2.05, 4.69) is 13.8 Å². The fourth-order valence-corrected chi connectivity index (χ4v) is 2.91. The number of hydrogen-bond acceptors (Lipinski definition) is 4. The van der Waals surface area contributed by atoms with Crippen molar-refractivity contribution >= 4 is 10.1 Å². The van der Waals surface area contributed by atoms with Crippen LogP contribution in [-0.4, -0.2) is 8.42 Å². The van der Waals surface area contributed by atoms with Gasteiger partial charge in [0, 0.05) is 0 Å². The molecule has 0 amide bonds. The summed E-state index contributed by atoms with van der Waals surface area (Å²) in [5, 5.41) is 8.83. The van der Waals surface area contributed by atoms with Crippen LogP contribution in [0.5, 0.6) is 5.75 Å². The lowest BCUT2D eigenvalue weighted by molar-refractivity contribution is 0.486. The van der Waals surface area contributed by atoms with E-state index in [4.69, 9.17) is 9.44 Å². The maximum Gasteiger partial charge on any atom is 0.339 e. The van der Waals surface area contributed by atoms with Gasteiger partial charge in [0.25, 0.3) is 0 Å². The van der Waals surface area contributed by atoms with Crippen molar-refractivity contribution in [1.82, 2.24) is 0 Å². The molecule has 0 radical (unpaired) electrons. The molecule has 0 N–H and O–H groups in total. The summed E-state index contributed by atoms with van der Waals surface area (Å²) in [5.74, 6) is 0.509. The molecule has 2 aromatic rings. The van der Waals surface area contributed by atoms with Crippen LogP contribution in [0, 0.1) is 11.3 Å². The van der Waals surface area contributed by atoms with Crippen molar-refractivity contribution in [3.05, 3.63) is 59.7 Å². The molecule has 1 atom stereocenters. The molecule has 2 rings (SSSR count). The minimum atomic E-state index is -3.90. The molecule has 22 heavy (non-hydrogen) atoms. The fourth-order valence-electron chi connectivity index (χ4n) is 1.99. The summed E-state index contributed by atoms with van der Waals surface area (Å²) in [5.41, 5.74) is 1.44. The average molecular weight is 315 g/mol. The Labute approximate surface area is 131 Å². The zero-order valence-electron chi connectivity index (χ0n) is 12.5. The van der Waals surface area contributed by atoms with Gasteiger partial charge in [-0.05, 0) is 48.2 Å². The predicted molar refractivity (Wildman–Crippen MR) is 84.1 cm³/mol. The molecule has 114 valence electrons. The highest BCUT2D eigenvalue weighted by atomic mass is 32.2. The fraction of sp³-hybridized carbons (Fsp3) is 0.235. The van der Waals surface area contributed by atoms with Crippen LogP contribution >= 0.6 is 0 Å². The molecule has 0 saturated carbocycles. The van der Waals surface area contributed by atoms with E-state index in [-0.39, 0.29) is 10.6 Å². The Morgan fingerprint density at radius 2 is 1.86 bits per heavy atom. The molecule has 0 aromatic heterocycles. The molecule has 0 heterocycles. The van der Waals surface area contributed by atoms with Crippen LogP contribution in [0.3, 0.4) is 0 Å². The summed E-state index contributed by atoms with van der Waals surface area (Å²) in [6, 6.07) is 14.7. The van der Waals surface area contributed by atoms with Crippen LogP contribution in [0.2, 0.25) is 0 Å². The molecule has 0 aliphatic rings. The third kappa shape index (κ3) is 3.66. The van der Waals surface area contributed by atoms with Gasteiger partial charge in [0.15, 0.2) is 0 Å². The molecule has 0 saturated heterocycles. The van der Waals surface area contributed by atoms with Gasteiger partial charge >= 0.3 is 10.1 Å². The summed E-state index contributed by atoms with van der Waals surface area (Å²) < 4.78 is 29.6. The topological polar surface area (TPSA) is 67.2 Å². The zero-order chi connectivity index (χ0) is 16.2. The first-order valence-corrected chi connectivity index (χ1v) is 8.41. The van der Waals surface area contributed by atoms with Gasteiger partial charge in [0.1, 0.15) is 10.6 Å². The van der Waals surface area contributed by atoms with E-state index >= 15 is 0 Å². The van der Waals surface area contributed by atoms with Crippen molar-refractivity contribution in [2.24, 2.45) is 0 Å². The Morgan fingerprint density at radius 1 is 1.18 bits per heavy atom. The van der Waals surface area contributed by atoms with Gasteiger partial charge < -0.3 is 4.18 Å². The van der Waals surface area contributed by atoms with E-state index in [0.29, 0.717) is 11.5 Å². The first kappa shape index (κ1) is 16.1. The average Bonchev–Trinajstić information content (AvgIpc) is 2.54. The summed E-state index contributed by atoms with van der Waals surface area (Å²) in [4.78, 5) is 0.0990. The van der Waals surface area contributed by atoms with E-state index < -0.39 is 10.1 Å². The molecular weight excluding hydrogens is 298 g/mol. The van der Waals surface area contributed by atoms with Crippen LogP contribution < -0.4 is 4.18 Å². The van der Waals surface area contributed by atoms with E-state index in [1.165, 1.54) is 12.1 Å². The Balaban J connectivity index is 2.25. The van der Waals surface area contributed by atoms with Gasteiger partial charge in [-0.2, -0.15) is 13.7 Å². The monoisotopic (exact) mass is 315 g/mol. The Morgan fingerprint density at radius 3 is 2.45 bits per heavy atom. The van der Waals surface area contributed by atoms with E-state index in [0.717, 1.165) is 12.0 Å². The third-order valence-corrected chi connectivity index (χ3v) is 4.78. The maximum atomic E-state index is 12.2.